The zero-order valence-corrected chi connectivity index (χ0v) is 19.2. The first-order chi connectivity index (χ1) is 15.1. The van der Waals surface area contributed by atoms with Gasteiger partial charge in [0.1, 0.15) is 25.4 Å². The van der Waals surface area contributed by atoms with E-state index in [0.29, 0.717) is 37.9 Å². The number of halogens is 1. The maximum Gasteiger partial charge on any atom is 0.222 e. The molecule has 0 bridgehead atoms. The average Bonchev–Trinajstić information content (AvgIpc) is 3.28. The first kappa shape index (κ1) is 24.3. The van der Waals surface area contributed by atoms with Gasteiger partial charge in [0.05, 0.1) is 38.0 Å². The molecule has 4 rings (SSSR count). The average molecular weight is 470 g/mol. The molecule has 11 nitrogen and oxygen atoms in total. The highest BCUT2D eigenvalue weighted by atomic mass is 35.5. The van der Waals surface area contributed by atoms with Crippen LogP contribution in [0.25, 0.3) is 0 Å². The normalized spacial score (nSPS) is 23.3. The Bertz CT molecular complexity index is 781. The number of aromatic nitrogens is 4. The maximum absolute atomic E-state index is 5.58. The predicted octanol–water partition coefficient (Wildman–Crippen LogP) is 2.25. The van der Waals surface area contributed by atoms with Crippen molar-refractivity contribution < 1.29 is 28.4 Å². The molecule has 2 fully saturated rings. The fraction of sp³-hybridized carbons (Fsp3) is 0.600. The number of rotatable bonds is 6. The third-order valence-corrected chi connectivity index (χ3v) is 4.45. The van der Waals surface area contributed by atoms with Crippen molar-refractivity contribution >= 4 is 17.5 Å². The standard InChI is InChI=1S/C10H13ClN2O3.C10H15N3O3/c2*1-10(2)15-6-8(16-10)5-14-7-3-12-9(11)13-4-7/h3-4,8H,5-6H2,1-2H3;3-4,8H,5-6H2,1-2H3,(H2,11,12,13)/t2*8-/m00/s1. The van der Waals surface area contributed by atoms with Gasteiger partial charge in [-0.3, -0.25) is 0 Å². The van der Waals surface area contributed by atoms with Crippen LogP contribution in [-0.2, 0) is 18.9 Å². The highest BCUT2D eigenvalue weighted by molar-refractivity contribution is 6.28. The van der Waals surface area contributed by atoms with E-state index in [9.17, 15) is 0 Å². The molecular weight excluding hydrogens is 442 g/mol. The first-order valence-corrected chi connectivity index (χ1v) is 10.4. The molecule has 4 heterocycles. The van der Waals surface area contributed by atoms with E-state index in [2.05, 4.69) is 19.9 Å². The monoisotopic (exact) mass is 469 g/mol. The summed E-state index contributed by atoms with van der Waals surface area (Å²) in [6.07, 6.45) is 5.98. The summed E-state index contributed by atoms with van der Waals surface area (Å²) >= 11 is 5.55. The lowest BCUT2D eigenvalue weighted by molar-refractivity contribution is -0.141. The van der Waals surface area contributed by atoms with Gasteiger partial charge in [0, 0.05) is 0 Å². The molecule has 0 aliphatic carbocycles. The lowest BCUT2D eigenvalue weighted by Crippen LogP contribution is -2.25. The van der Waals surface area contributed by atoms with Crippen LogP contribution in [0.5, 0.6) is 11.5 Å². The van der Waals surface area contributed by atoms with E-state index in [1.165, 1.54) is 24.8 Å². The van der Waals surface area contributed by atoms with Crippen LogP contribution in [0.3, 0.4) is 0 Å². The number of nitrogens with two attached hydrogens (primary N) is 1. The van der Waals surface area contributed by atoms with Crippen molar-refractivity contribution in [3.8, 4) is 11.5 Å². The summed E-state index contributed by atoms with van der Waals surface area (Å²) in [6, 6.07) is 0. The minimum Gasteiger partial charge on any atom is -0.488 e. The molecule has 12 heteroatoms. The highest BCUT2D eigenvalue weighted by Gasteiger charge is 2.33. The van der Waals surface area contributed by atoms with Crippen LogP contribution in [0.2, 0.25) is 5.28 Å². The highest BCUT2D eigenvalue weighted by Crippen LogP contribution is 2.23. The van der Waals surface area contributed by atoms with E-state index >= 15 is 0 Å². The second-order valence-electron chi connectivity index (χ2n) is 7.99. The van der Waals surface area contributed by atoms with Gasteiger partial charge in [-0.2, -0.15) is 0 Å². The summed E-state index contributed by atoms with van der Waals surface area (Å²) in [4.78, 5) is 15.3. The van der Waals surface area contributed by atoms with E-state index < -0.39 is 11.6 Å². The molecule has 0 radical (unpaired) electrons. The van der Waals surface area contributed by atoms with E-state index in [-0.39, 0.29) is 23.4 Å². The van der Waals surface area contributed by atoms with Crippen LogP contribution in [0.1, 0.15) is 27.7 Å². The molecule has 176 valence electrons. The van der Waals surface area contributed by atoms with Crippen LogP contribution < -0.4 is 15.2 Å². The Morgan fingerprint density at radius 2 is 1.25 bits per heavy atom. The van der Waals surface area contributed by atoms with Crippen molar-refractivity contribution in [3.63, 3.8) is 0 Å². The number of nitrogens with zero attached hydrogens (tertiary/aromatic N) is 4. The van der Waals surface area contributed by atoms with Crippen LogP contribution in [-0.4, -0.2) is 70.1 Å². The van der Waals surface area contributed by atoms with E-state index in [4.69, 9.17) is 45.8 Å². The van der Waals surface area contributed by atoms with Crippen LogP contribution in [0, 0.1) is 0 Å². The minimum atomic E-state index is -0.523. The molecule has 2 aliphatic rings. The largest absolute Gasteiger partial charge is 0.488 e. The molecule has 2 saturated heterocycles. The molecule has 0 aromatic carbocycles. The lowest BCUT2D eigenvalue weighted by atomic mass is 10.4. The molecular formula is C20H28ClN5O6. The van der Waals surface area contributed by atoms with Crippen LogP contribution >= 0.6 is 11.6 Å². The zero-order chi connectivity index (χ0) is 23.2. The molecule has 2 aromatic heterocycles. The van der Waals surface area contributed by atoms with Gasteiger partial charge in [-0.1, -0.05) is 0 Å². The summed E-state index contributed by atoms with van der Waals surface area (Å²) in [7, 11) is 0. The topological polar surface area (TPSA) is 133 Å². The van der Waals surface area contributed by atoms with Crippen LogP contribution in [0.4, 0.5) is 5.95 Å². The summed E-state index contributed by atoms with van der Waals surface area (Å²) in [5.74, 6) is 0.324. The number of nitrogen functional groups attached to an aromatic ring is 1. The second kappa shape index (κ2) is 10.5. The number of hydrogen-bond donors (Lipinski definition) is 1. The Morgan fingerprint density at radius 1 is 0.844 bits per heavy atom. The maximum atomic E-state index is 5.58. The molecule has 0 saturated carbocycles. The summed E-state index contributed by atoms with van der Waals surface area (Å²) in [5, 5.41) is 0.203. The number of anilines is 1. The molecule has 2 aromatic rings. The fourth-order valence-corrected chi connectivity index (χ4v) is 2.94. The van der Waals surface area contributed by atoms with Crippen molar-refractivity contribution in [2.45, 2.75) is 51.5 Å². The van der Waals surface area contributed by atoms with Gasteiger partial charge in [0.2, 0.25) is 11.2 Å². The van der Waals surface area contributed by atoms with Gasteiger partial charge in [0.15, 0.2) is 23.1 Å². The van der Waals surface area contributed by atoms with Gasteiger partial charge in [0.25, 0.3) is 0 Å². The lowest BCUT2D eigenvalue weighted by Gasteiger charge is -2.17. The smallest absolute Gasteiger partial charge is 0.222 e. The SMILES string of the molecule is CC1(C)OC[C@H](COc2cnc(Cl)nc2)O1.CC1(C)OC[C@H](COc2cnc(N)nc2)O1. The first-order valence-electron chi connectivity index (χ1n) is 10.0. The van der Waals surface area contributed by atoms with Gasteiger partial charge >= 0.3 is 0 Å². The molecule has 0 spiro atoms. The Hall–Kier alpha value is -2.31. The van der Waals surface area contributed by atoms with Crippen molar-refractivity contribution in [1.29, 1.82) is 0 Å². The predicted molar refractivity (Wildman–Crippen MR) is 114 cm³/mol. The molecule has 2 atom stereocenters. The Kier molecular flexibility index (Phi) is 8.01. The van der Waals surface area contributed by atoms with E-state index in [1.807, 2.05) is 27.7 Å². The summed E-state index contributed by atoms with van der Waals surface area (Å²) < 4.78 is 32.9. The molecule has 0 unspecified atom stereocenters. The summed E-state index contributed by atoms with van der Waals surface area (Å²) in [6.45, 7) is 9.38. The second-order valence-corrected chi connectivity index (χ2v) is 8.33. The molecule has 0 amide bonds. The third kappa shape index (κ3) is 7.99. The number of ether oxygens (including phenoxy) is 6. The van der Waals surface area contributed by atoms with Gasteiger partial charge in [-0.05, 0) is 39.3 Å². The van der Waals surface area contributed by atoms with Gasteiger partial charge in [-0.15, -0.1) is 0 Å². The zero-order valence-electron chi connectivity index (χ0n) is 18.5. The van der Waals surface area contributed by atoms with E-state index in [0.717, 1.165) is 0 Å². The Labute approximate surface area is 191 Å². The van der Waals surface area contributed by atoms with Crippen LogP contribution in [0.15, 0.2) is 24.8 Å². The number of hydrogen-bond acceptors (Lipinski definition) is 11. The Balaban J connectivity index is 0.000000181. The van der Waals surface area contributed by atoms with Crippen molar-refractivity contribution in [2.75, 3.05) is 32.2 Å². The van der Waals surface area contributed by atoms with Gasteiger partial charge < -0.3 is 34.2 Å². The van der Waals surface area contributed by atoms with Gasteiger partial charge in [-0.25, -0.2) is 19.9 Å². The minimum absolute atomic E-state index is 0.0625. The van der Waals surface area contributed by atoms with E-state index in [1.54, 1.807) is 0 Å². The molecule has 32 heavy (non-hydrogen) atoms. The fourth-order valence-electron chi connectivity index (χ4n) is 2.84. The van der Waals surface area contributed by atoms with Crippen molar-refractivity contribution in [3.05, 3.63) is 30.1 Å². The Morgan fingerprint density at radius 3 is 1.62 bits per heavy atom. The molecule has 2 aliphatic heterocycles. The summed E-state index contributed by atoms with van der Waals surface area (Å²) in [5.41, 5.74) is 5.36. The molecule has 2 N–H and O–H groups in total. The van der Waals surface area contributed by atoms with Crippen molar-refractivity contribution in [1.82, 2.24) is 19.9 Å². The quantitative estimate of drug-likeness (QED) is 0.624. The third-order valence-electron chi connectivity index (χ3n) is 4.25. The van der Waals surface area contributed by atoms with Crippen molar-refractivity contribution in [2.24, 2.45) is 0 Å².